The summed E-state index contributed by atoms with van der Waals surface area (Å²) in [5, 5.41) is 2.63. The van der Waals surface area contributed by atoms with Crippen molar-refractivity contribution < 1.29 is 14.3 Å². The maximum absolute atomic E-state index is 12.1. The highest BCUT2D eigenvalue weighted by Gasteiger charge is 2.45. The lowest BCUT2D eigenvalue weighted by molar-refractivity contribution is -0.131. The summed E-state index contributed by atoms with van der Waals surface area (Å²) in [6.07, 6.45) is 7.43. The van der Waals surface area contributed by atoms with Crippen LogP contribution in [0.4, 0.5) is 5.69 Å². The largest absolute Gasteiger partial charge is 0.494 e. The molecular formula is C19H22N6O3. The molecule has 28 heavy (non-hydrogen) atoms. The monoisotopic (exact) mass is 382 g/mol. The second-order valence-corrected chi connectivity index (χ2v) is 6.89. The summed E-state index contributed by atoms with van der Waals surface area (Å²) < 4.78 is 7.92. The normalized spacial score (nSPS) is 20.2. The highest BCUT2D eigenvalue weighted by atomic mass is 16.5. The van der Waals surface area contributed by atoms with Gasteiger partial charge in [-0.05, 0) is 38.0 Å². The summed E-state index contributed by atoms with van der Waals surface area (Å²) >= 11 is 0. The lowest BCUT2D eigenvalue weighted by Gasteiger charge is -2.33. The zero-order valence-electron chi connectivity index (χ0n) is 15.5. The molecule has 1 saturated heterocycles. The molecule has 146 valence electrons. The molecule has 4 rings (SSSR count). The van der Waals surface area contributed by atoms with E-state index in [1.807, 2.05) is 35.9 Å². The van der Waals surface area contributed by atoms with Crippen LogP contribution in [-0.2, 0) is 16.1 Å². The molecule has 2 aromatic rings. The number of aryl methyl sites for hydroxylation is 1. The van der Waals surface area contributed by atoms with Gasteiger partial charge in [-0.1, -0.05) is 0 Å². The van der Waals surface area contributed by atoms with E-state index in [4.69, 9.17) is 10.5 Å². The number of carbonyl (C=O) groups excluding carboxylic acids is 2. The summed E-state index contributed by atoms with van der Waals surface area (Å²) in [6.45, 7) is 3.43. The van der Waals surface area contributed by atoms with Crippen LogP contribution in [-0.4, -0.2) is 44.9 Å². The van der Waals surface area contributed by atoms with Crippen molar-refractivity contribution in [3.05, 3.63) is 42.5 Å². The second-order valence-electron chi connectivity index (χ2n) is 6.89. The van der Waals surface area contributed by atoms with Gasteiger partial charge in [0.1, 0.15) is 5.75 Å². The van der Waals surface area contributed by atoms with Crippen molar-refractivity contribution in [2.45, 2.75) is 38.4 Å². The molecule has 2 aliphatic heterocycles. The van der Waals surface area contributed by atoms with Gasteiger partial charge in [-0.3, -0.25) is 14.9 Å². The van der Waals surface area contributed by atoms with E-state index in [0.29, 0.717) is 12.6 Å². The summed E-state index contributed by atoms with van der Waals surface area (Å²) in [5.74, 6) is -0.0356. The van der Waals surface area contributed by atoms with Gasteiger partial charge in [-0.15, -0.1) is 0 Å². The Bertz CT molecular complexity index is 924. The Morgan fingerprint density at radius 2 is 2.21 bits per heavy atom. The molecule has 2 amide bonds. The van der Waals surface area contributed by atoms with E-state index < -0.39 is 17.9 Å². The van der Waals surface area contributed by atoms with Gasteiger partial charge >= 0.3 is 0 Å². The number of primary amides is 1. The van der Waals surface area contributed by atoms with E-state index in [1.54, 1.807) is 17.4 Å². The van der Waals surface area contributed by atoms with Crippen molar-refractivity contribution in [2.75, 3.05) is 6.61 Å². The molecule has 2 aliphatic rings. The van der Waals surface area contributed by atoms with Crippen LogP contribution in [0.2, 0.25) is 0 Å². The Labute approximate surface area is 162 Å². The number of aliphatic imine (C=N–C) groups is 1. The van der Waals surface area contributed by atoms with Crippen LogP contribution < -0.4 is 15.8 Å². The first kappa shape index (κ1) is 18.0. The number of amides is 2. The fraction of sp³-hybridized carbons (Fsp3) is 0.368. The average molecular weight is 382 g/mol. The minimum absolute atomic E-state index is 0.233. The predicted octanol–water partition coefficient (Wildman–Crippen LogP) is 1.09. The van der Waals surface area contributed by atoms with E-state index in [2.05, 4.69) is 15.3 Å². The number of benzene rings is 1. The minimum atomic E-state index is -1.05. The fourth-order valence-electron chi connectivity index (χ4n) is 3.58. The van der Waals surface area contributed by atoms with E-state index in [-0.39, 0.29) is 6.04 Å². The predicted molar refractivity (Wildman–Crippen MR) is 102 cm³/mol. The van der Waals surface area contributed by atoms with Gasteiger partial charge in [0.25, 0.3) is 5.91 Å². The number of nitrogens with one attached hydrogen (secondary N) is 1. The molecule has 2 unspecified atom stereocenters. The molecule has 3 N–H and O–H groups in total. The fourth-order valence-corrected chi connectivity index (χ4v) is 3.58. The maximum Gasteiger partial charge on any atom is 0.259 e. The molecule has 1 aromatic carbocycles. The van der Waals surface area contributed by atoms with E-state index >= 15 is 0 Å². The first-order valence-electron chi connectivity index (χ1n) is 9.24. The van der Waals surface area contributed by atoms with Gasteiger partial charge in [0.05, 0.1) is 24.7 Å². The average Bonchev–Trinajstić information content (AvgIpc) is 3.29. The number of nitrogens with two attached hydrogens (primary N) is 1. The molecule has 0 spiro atoms. The van der Waals surface area contributed by atoms with Crippen LogP contribution in [0.5, 0.6) is 5.75 Å². The summed E-state index contributed by atoms with van der Waals surface area (Å²) in [7, 11) is 0. The van der Waals surface area contributed by atoms with Crippen molar-refractivity contribution in [3.8, 4) is 5.75 Å². The van der Waals surface area contributed by atoms with Crippen LogP contribution in [0.1, 0.15) is 31.4 Å². The molecule has 9 heteroatoms. The number of carbonyl (C=O) groups is 2. The molecule has 1 aromatic heterocycles. The highest BCUT2D eigenvalue weighted by molar-refractivity contribution is 6.17. The van der Waals surface area contributed by atoms with Crippen molar-refractivity contribution in [1.29, 1.82) is 0 Å². The van der Waals surface area contributed by atoms with Crippen molar-refractivity contribution in [3.63, 3.8) is 0 Å². The summed E-state index contributed by atoms with van der Waals surface area (Å²) in [6, 6.07) is 4.36. The van der Waals surface area contributed by atoms with Crippen LogP contribution >= 0.6 is 0 Å². The Morgan fingerprint density at radius 3 is 2.96 bits per heavy atom. The Hall–Kier alpha value is -3.36. The van der Waals surface area contributed by atoms with Gasteiger partial charge < -0.3 is 19.9 Å². The number of hydrogen-bond acceptors (Lipinski definition) is 6. The second kappa shape index (κ2) is 7.34. The molecule has 3 heterocycles. The third kappa shape index (κ3) is 3.30. The summed E-state index contributed by atoms with van der Waals surface area (Å²) in [5.41, 5.74) is 7.05. The highest BCUT2D eigenvalue weighted by Crippen LogP contribution is 2.39. The Morgan fingerprint density at radius 1 is 1.36 bits per heavy atom. The van der Waals surface area contributed by atoms with Crippen LogP contribution in [0, 0.1) is 0 Å². The molecule has 0 aliphatic carbocycles. The van der Waals surface area contributed by atoms with Crippen molar-refractivity contribution in [1.82, 2.24) is 19.8 Å². The van der Waals surface area contributed by atoms with Crippen LogP contribution in [0.15, 0.2) is 41.9 Å². The third-order valence-corrected chi connectivity index (χ3v) is 5.01. The number of fused-ring (bicyclic) bond motifs is 2. The van der Waals surface area contributed by atoms with Gasteiger partial charge in [0, 0.05) is 24.5 Å². The summed E-state index contributed by atoms with van der Waals surface area (Å²) in [4.78, 5) is 33.9. The zero-order valence-corrected chi connectivity index (χ0v) is 15.5. The topological polar surface area (TPSA) is 115 Å². The third-order valence-electron chi connectivity index (χ3n) is 5.01. The molecule has 9 nitrogen and oxygen atoms in total. The van der Waals surface area contributed by atoms with E-state index in [0.717, 1.165) is 36.4 Å². The molecule has 0 bridgehead atoms. The standard InChI is InChI=1S/C19H22N6O3/c1-12-14-10-13(28-9-3-2-7-24-8-6-21-11-24)4-5-15(14)22-19-23-18(27)16(17(20)26)25(12)19/h4-6,8,10-12,16H,2-3,7,9H2,1H3,(H2,20,26)(H,22,23,27). The molecule has 0 radical (unpaired) electrons. The van der Waals surface area contributed by atoms with E-state index in [9.17, 15) is 9.59 Å². The van der Waals surface area contributed by atoms with Gasteiger partial charge in [0.2, 0.25) is 11.9 Å². The van der Waals surface area contributed by atoms with Gasteiger partial charge in [-0.25, -0.2) is 9.98 Å². The number of imidazole rings is 1. The zero-order chi connectivity index (χ0) is 19.7. The quantitative estimate of drug-likeness (QED) is 0.549. The first-order chi connectivity index (χ1) is 13.5. The van der Waals surface area contributed by atoms with E-state index in [1.165, 1.54) is 0 Å². The van der Waals surface area contributed by atoms with Crippen LogP contribution in [0.3, 0.4) is 0 Å². The molecular weight excluding hydrogens is 360 g/mol. The number of aromatic nitrogens is 2. The number of rotatable bonds is 7. The smallest absolute Gasteiger partial charge is 0.259 e. The molecule has 1 fully saturated rings. The Balaban J connectivity index is 1.41. The Kier molecular flexibility index (Phi) is 4.72. The lowest BCUT2D eigenvalue weighted by Crippen LogP contribution is -2.47. The van der Waals surface area contributed by atoms with Crippen molar-refractivity contribution >= 4 is 23.5 Å². The minimum Gasteiger partial charge on any atom is -0.494 e. The number of unbranched alkanes of at least 4 members (excludes halogenated alkanes) is 1. The van der Waals surface area contributed by atoms with Crippen molar-refractivity contribution in [2.24, 2.45) is 10.7 Å². The lowest BCUT2D eigenvalue weighted by atomic mass is 10.0. The molecule has 0 saturated carbocycles. The SMILES string of the molecule is CC1c2cc(OCCCCn3ccnc3)ccc2N=C2NC(=O)C(C(N)=O)N21. The number of nitrogens with zero attached hydrogens (tertiary/aromatic N) is 4. The number of hydrogen-bond donors (Lipinski definition) is 2. The first-order valence-corrected chi connectivity index (χ1v) is 9.24. The van der Waals surface area contributed by atoms with Gasteiger partial charge in [-0.2, -0.15) is 0 Å². The van der Waals surface area contributed by atoms with Crippen LogP contribution in [0.25, 0.3) is 0 Å². The van der Waals surface area contributed by atoms with Gasteiger partial charge in [0.15, 0.2) is 6.04 Å². The molecule has 2 atom stereocenters. The maximum atomic E-state index is 12.1. The number of guanidine groups is 1. The number of ether oxygens (including phenoxy) is 1.